The minimum absolute atomic E-state index is 0.0633. The van der Waals surface area contributed by atoms with Crippen LogP contribution < -0.4 is 5.32 Å². The number of likely N-dealkylation sites (tertiary alicyclic amines) is 1. The van der Waals surface area contributed by atoms with Crippen LogP contribution in [0.4, 0.5) is 5.82 Å². The number of amides is 2. The second-order valence-electron chi connectivity index (χ2n) is 6.67. The highest BCUT2D eigenvalue weighted by Gasteiger charge is 2.46. The number of nitrogens with one attached hydrogen (secondary N) is 1. The Morgan fingerprint density at radius 1 is 1.36 bits per heavy atom. The smallest absolute Gasteiger partial charge is 0.232 e. The van der Waals surface area contributed by atoms with E-state index < -0.39 is 0 Å². The first-order valence-electron chi connectivity index (χ1n) is 7.82. The molecule has 116 valence electrons. The zero-order chi connectivity index (χ0) is 15.3. The third kappa shape index (κ3) is 2.33. The quantitative estimate of drug-likeness (QED) is 0.832. The molecule has 0 atom stereocenters. The van der Waals surface area contributed by atoms with Crippen LogP contribution in [0.2, 0.25) is 0 Å². The second kappa shape index (κ2) is 5.05. The number of aromatic nitrogens is 1. The molecule has 0 bridgehead atoms. The number of rotatable bonds is 1. The Morgan fingerprint density at radius 2 is 2.09 bits per heavy atom. The van der Waals surface area contributed by atoms with Crippen molar-refractivity contribution in [2.24, 2.45) is 11.3 Å². The highest BCUT2D eigenvalue weighted by atomic mass is 79.9. The maximum absolute atomic E-state index is 12.6. The van der Waals surface area contributed by atoms with Crippen LogP contribution in [0.25, 0.3) is 0 Å². The molecule has 1 aromatic heterocycles. The molecule has 2 amide bonds. The normalized spacial score (nSPS) is 23.1. The maximum Gasteiger partial charge on any atom is 0.232 e. The highest BCUT2D eigenvalue weighted by molar-refractivity contribution is 9.10. The molecule has 0 radical (unpaired) electrons. The Labute approximate surface area is 137 Å². The SMILES string of the molecule is O=C(C1CC1)N1CCC2(CC1)Cc1cc(Br)cnc1NC2=O. The van der Waals surface area contributed by atoms with Gasteiger partial charge in [-0.15, -0.1) is 0 Å². The Kier molecular flexibility index (Phi) is 3.25. The average molecular weight is 364 g/mol. The van der Waals surface area contributed by atoms with Crippen LogP contribution in [0.3, 0.4) is 0 Å². The Morgan fingerprint density at radius 3 is 2.77 bits per heavy atom. The molecule has 1 saturated heterocycles. The van der Waals surface area contributed by atoms with Crippen LogP contribution in [0.5, 0.6) is 0 Å². The number of hydrogen-bond acceptors (Lipinski definition) is 3. The average Bonchev–Trinajstić information content (AvgIpc) is 3.34. The summed E-state index contributed by atoms with van der Waals surface area (Å²) in [5.41, 5.74) is 0.700. The molecule has 22 heavy (non-hydrogen) atoms. The first kappa shape index (κ1) is 14.2. The fourth-order valence-electron chi connectivity index (χ4n) is 3.56. The van der Waals surface area contributed by atoms with E-state index in [2.05, 4.69) is 26.2 Å². The first-order chi connectivity index (χ1) is 10.6. The predicted octanol–water partition coefficient (Wildman–Crippen LogP) is 2.36. The number of hydrogen-bond donors (Lipinski definition) is 1. The van der Waals surface area contributed by atoms with E-state index in [1.54, 1.807) is 6.20 Å². The van der Waals surface area contributed by atoms with E-state index in [0.29, 0.717) is 25.3 Å². The van der Waals surface area contributed by atoms with Gasteiger partial charge >= 0.3 is 0 Å². The van der Waals surface area contributed by atoms with Crippen LogP contribution >= 0.6 is 15.9 Å². The molecule has 4 rings (SSSR count). The number of carbonyl (C=O) groups is 2. The van der Waals surface area contributed by atoms with E-state index >= 15 is 0 Å². The fraction of sp³-hybridized carbons (Fsp3) is 0.562. The number of carbonyl (C=O) groups excluding carboxylic acids is 2. The van der Waals surface area contributed by atoms with Crippen molar-refractivity contribution in [2.75, 3.05) is 18.4 Å². The lowest BCUT2D eigenvalue weighted by atomic mass is 9.71. The number of fused-ring (bicyclic) bond motifs is 1. The van der Waals surface area contributed by atoms with Crippen LogP contribution in [-0.2, 0) is 16.0 Å². The van der Waals surface area contributed by atoms with E-state index in [9.17, 15) is 9.59 Å². The zero-order valence-electron chi connectivity index (χ0n) is 12.3. The number of pyridine rings is 1. The summed E-state index contributed by atoms with van der Waals surface area (Å²) in [7, 11) is 0. The summed E-state index contributed by atoms with van der Waals surface area (Å²) in [6.45, 7) is 1.39. The molecule has 1 saturated carbocycles. The molecule has 6 heteroatoms. The molecule has 3 aliphatic rings. The standard InChI is InChI=1S/C16H18BrN3O2/c17-12-7-11-8-16(15(22)19-13(11)18-9-12)3-5-20(6-4-16)14(21)10-1-2-10/h7,9-10H,1-6,8H2,(H,18,19,22). The third-order valence-electron chi connectivity index (χ3n) is 5.13. The van der Waals surface area contributed by atoms with E-state index in [1.165, 1.54) is 0 Å². The lowest BCUT2D eigenvalue weighted by Gasteiger charge is -2.43. The van der Waals surface area contributed by atoms with Gasteiger partial charge in [0.15, 0.2) is 0 Å². The highest BCUT2D eigenvalue weighted by Crippen LogP contribution is 2.42. The van der Waals surface area contributed by atoms with Crippen LogP contribution in [0.1, 0.15) is 31.2 Å². The van der Waals surface area contributed by atoms with Gasteiger partial charge in [-0.1, -0.05) is 0 Å². The van der Waals surface area contributed by atoms with Gasteiger partial charge in [0.1, 0.15) is 5.82 Å². The zero-order valence-corrected chi connectivity index (χ0v) is 13.9. The van der Waals surface area contributed by atoms with Gasteiger partial charge in [-0.05, 0) is 59.7 Å². The van der Waals surface area contributed by atoms with Gasteiger partial charge in [-0.3, -0.25) is 9.59 Å². The van der Waals surface area contributed by atoms with Crippen LogP contribution in [-0.4, -0.2) is 34.8 Å². The summed E-state index contributed by atoms with van der Waals surface area (Å²) < 4.78 is 0.930. The van der Waals surface area contributed by atoms with Crippen LogP contribution in [0.15, 0.2) is 16.7 Å². The molecule has 1 N–H and O–H groups in total. The first-order valence-corrected chi connectivity index (χ1v) is 8.61. The van der Waals surface area contributed by atoms with E-state index in [1.807, 2.05) is 11.0 Å². The van der Waals surface area contributed by atoms with Crippen molar-refractivity contribution in [1.29, 1.82) is 0 Å². The van der Waals surface area contributed by atoms with Crippen molar-refractivity contribution >= 4 is 33.6 Å². The Balaban J connectivity index is 1.53. The Bertz CT molecular complexity index is 649. The fourth-order valence-corrected chi connectivity index (χ4v) is 3.94. The second-order valence-corrected chi connectivity index (χ2v) is 7.59. The van der Waals surface area contributed by atoms with Gasteiger partial charge in [0.2, 0.25) is 11.8 Å². The lowest BCUT2D eigenvalue weighted by Crippen LogP contribution is -2.51. The van der Waals surface area contributed by atoms with Gasteiger partial charge in [0.25, 0.3) is 0 Å². The van der Waals surface area contributed by atoms with Crippen molar-refractivity contribution in [2.45, 2.75) is 32.1 Å². The van der Waals surface area contributed by atoms with Crippen LogP contribution in [0, 0.1) is 11.3 Å². The molecule has 0 unspecified atom stereocenters. The summed E-state index contributed by atoms with van der Waals surface area (Å²) in [5.74, 6) is 1.29. The number of anilines is 1. The summed E-state index contributed by atoms with van der Waals surface area (Å²) in [6, 6.07) is 2.03. The van der Waals surface area contributed by atoms with Crippen molar-refractivity contribution in [3.8, 4) is 0 Å². The Hall–Kier alpha value is -1.43. The summed E-state index contributed by atoms with van der Waals surface area (Å²) in [5, 5.41) is 2.95. The maximum atomic E-state index is 12.6. The van der Waals surface area contributed by atoms with E-state index in [-0.39, 0.29) is 23.1 Å². The van der Waals surface area contributed by atoms with Gasteiger partial charge in [0.05, 0.1) is 5.41 Å². The lowest BCUT2D eigenvalue weighted by molar-refractivity contribution is -0.139. The topological polar surface area (TPSA) is 62.3 Å². The van der Waals surface area contributed by atoms with E-state index in [4.69, 9.17) is 0 Å². The molecule has 1 aromatic rings. The van der Waals surface area contributed by atoms with Gasteiger partial charge in [-0.2, -0.15) is 0 Å². The molecule has 1 spiro atoms. The molecular formula is C16H18BrN3O2. The molecule has 3 heterocycles. The van der Waals surface area contributed by atoms with Crippen molar-refractivity contribution in [1.82, 2.24) is 9.88 Å². The third-order valence-corrected chi connectivity index (χ3v) is 5.57. The minimum Gasteiger partial charge on any atom is -0.342 e. The summed E-state index contributed by atoms with van der Waals surface area (Å²) >= 11 is 3.44. The molecule has 0 aromatic carbocycles. The van der Waals surface area contributed by atoms with Gasteiger partial charge in [0, 0.05) is 29.7 Å². The minimum atomic E-state index is -0.379. The molecular weight excluding hydrogens is 346 g/mol. The molecule has 1 aliphatic carbocycles. The number of halogens is 1. The monoisotopic (exact) mass is 363 g/mol. The van der Waals surface area contributed by atoms with Gasteiger partial charge in [-0.25, -0.2) is 4.98 Å². The molecule has 2 aliphatic heterocycles. The largest absolute Gasteiger partial charge is 0.342 e. The van der Waals surface area contributed by atoms with Crippen molar-refractivity contribution < 1.29 is 9.59 Å². The number of nitrogens with zero attached hydrogens (tertiary/aromatic N) is 2. The number of piperidine rings is 1. The molecule has 5 nitrogen and oxygen atoms in total. The summed E-state index contributed by atoms with van der Waals surface area (Å²) in [6.07, 6.45) is 5.97. The molecule has 2 fully saturated rings. The van der Waals surface area contributed by atoms with Crippen molar-refractivity contribution in [3.05, 3.63) is 22.3 Å². The van der Waals surface area contributed by atoms with Crippen molar-refractivity contribution in [3.63, 3.8) is 0 Å². The van der Waals surface area contributed by atoms with Gasteiger partial charge < -0.3 is 10.2 Å². The van der Waals surface area contributed by atoms with E-state index in [0.717, 1.165) is 35.7 Å². The summed E-state index contributed by atoms with van der Waals surface area (Å²) in [4.78, 5) is 31.0. The predicted molar refractivity (Wildman–Crippen MR) is 85.2 cm³/mol.